The maximum absolute atomic E-state index is 12.9. The summed E-state index contributed by atoms with van der Waals surface area (Å²) in [5.41, 5.74) is 1.70. The van der Waals surface area contributed by atoms with Gasteiger partial charge in [-0.3, -0.25) is 4.79 Å². The first-order chi connectivity index (χ1) is 12.9. The first kappa shape index (κ1) is 17.4. The van der Waals surface area contributed by atoms with E-state index in [0.29, 0.717) is 42.0 Å². The number of aromatic nitrogens is 4. The number of halogens is 3. The van der Waals surface area contributed by atoms with Crippen LogP contribution in [-0.4, -0.2) is 25.8 Å². The molecular formula is C19H15F3N4O. The lowest BCUT2D eigenvalue weighted by atomic mass is 10.0. The van der Waals surface area contributed by atoms with E-state index >= 15 is 0 Å². The molecule has 0 fully saturated rings. The van der Waals surface area contributed by atoms with Crippen LogP contribution in [0.4, 0.5) is 13.2 Å². The number of pyridine rings is 1. The number of hydrogen-bond acceptors (Lipinski definition) is 4. The predicted molar refractivity (Wildman–Crippen MR) is 90.7 cm³/mol. The van der Waals surface area contributed by atoms with Gasteiger partial charge in [0.25, 0.3) is 0 Å². The van der Waals surface area contributed by atoms with Crippen molar-refractivity contribution in [2.45, 2.75) is 31.9 Å². The Morgan fingerprint density at radius 1 is 1.04 bits per heavy atom. The van der Waals surface area contributed by atoms with Crippen LogP contribution in [0.2, 0.25) is 0 Å². The molecule has 2 aromatic heterocycles. The molecule has 0 N–H and O–H groups in total. The van der Waals surface area contributed by atoms with E-state index in [0.717, 1.165) is 24.1 Å². The lowest BCUT2D eigenvalue weighted by molar-refractivity contribution is -0.137. The van der Waals surface area contributed by atoms with Crippen LogP contribution in [0.5, 0.6) is 0 Å². The molecule has 0 saturated carbocycles. The molecule has 138 valence electrons. The van der Waals surface area contributed by atoms with Crippen LogP contribution in [0.15, 0.2) is 42.6 Å². The van der Waals surface area contributed by atoms with E-state index in [4.69, 9.17) is 0 Å². The molecule has 8 heteroatoms. The van der Waals surface area contributed by atoms with Crippen LogP contribution in [0, 0.1) is 0 Å². The third kappa shape index (κ3) is 3.60. The number of hydrogen-bond donors (Lipinski definition) is 0. The molecule has 0 aliphatic heterocycles. The fourth-order valence-electron chi connectivity index (χ4n) is 3.13. The molecule has 0 bridgehead atoms. The zero-order valence-corrected chi connectivity index (χ0v) is 14.2. The quantitative estimate of drug-likeness (QED) is 0.702. The average Bonchev–Trinajstić information content (AvgIpc) is 3.07. The third-order valence-electron chi connectivity index (χ3n) is 4.44. The van der Waals surface area contributed by atoms with Gasteiger partial charge in [-0.25, -0.2) is 4.98 Å². The van der Waals surface area contributed by atoms with E-state index in [9.17, 15) is 18.0 Å². The molecule has 1 aliphatic carbocycles. The number of alkyl halides is 3. The Bertz CT molecular complexity index is 1010. The first-order valence-corrected chi connectivity index (χ1v) is 8.51. The van der Waals surface area contributed by atoms with Gasteiger partial charge < -0.3 is 0 Å². The van der Waals surface area contributed by atoms with Crippen molar-refractivity contribution in [3.63, 3.8) is 0 Å². The van der Waals surface area contributed by atoms with Crippen LogP contribution in [-0.2, 0) is 19.0 Å². The molecule has 5 nitrogen and oxygen atoms in total. The van der Waals surface area contributed by atoms with Gasteiger partial charge in [-0.05, 0) is 48.6 Å². The summed E-state index contributed by atoms with van der Waals surface area (Å²) in [4.78, 5) is 17.5. The summed E-state index contributed by atoms with van der Waals surface area (Å²) >= 11 is 0. The minimum absolute atomic E-state index is 0.0254. The molecule has 2 heterocycles. The molecule has 0 radical (unpaired) electrons. The Hall–Kier alpha value is -3.03. The van der Waals surface area contributed by atoms with E-state index in [1.54, 1.807) is 24.4 Å². The maximum Gasteiger partial charge on any atom is 0.416 e. The predicted octanol–water partition coefficient (Wildman–Crippen LogP) is 3.79. The van der Waals surface area contributed by atoms with E-state index in [-0.39, 0.29) is 5.78 Å². The third-order valence-corrected chi connectivity index (χ3v) is 4.44. The highest BCUT2D eigenvalue weighted by Crippen LogP contribution is 2.30. The second-order valence-corrected chi connectivity index (χ2v) is 6.46. The summed E-state index contributed by atoms with van der Waals surface area (Å²) in [7, 11) is 0. The van der Waals surface area contributed by atoms with Crippen LogP contribution in [0.25, 0.3) is 5.82 Å². The van der Waals surface area contributed by atoms with Gasteiger partial charge in [-0.1, -0.05) is 18.2 Å². The topological polar surface area (TPSA) is 60.7 Å². The largest absolute Gasteiger partial charge is 0.416 e. The normalized spacial score (nSPS) is 14.3. The number of rotatable bonds is 3. The minimum atomic E-state index is -4.37. The van der Waals surface area contributed by atoms with Crippen LogP contribution < -0.4 is 0 Å². The van der Waals surface area contributed by atoms with Gasteiger partial charge in [0.15, 0.2) is 17.3 Å². The first-order valence-electron chi connectivity index (χ1n) is 8.51. The number of benzene rings is 1. The summed E-state index contributed by atoms with van der Waals surface area (Å²) in [6.07, 6.45) is -0.570. The van der Waals surface area contributed by atoms with Crippen molar-refractivity contribution in [2.75, 3.05) is 0 Å². The Balaban J connectivity index is 1.61. The second-order valence-electron chi connectivity index (χ2n) is 6.46. The summed E-state index contributed by atoms with van der Waals surface area (Å²) in [5, 5.41) is 8.58. The Kier molecular flexibility index (Phi) is 4.25. The van der Waals surface area contributed by atoms with Gasteiger partial charge in [0.1, 0.15) is 0 Å². The van der Waals surface area contributed by atoms with Gasteiger partial charge in [-0.15, -0.1) is 9.90 Å². The highest BCUT2D eigenvalue weighted by molar-refractivity contribution is 5.96. The highest BCUT2D eigenvalue weighted by Gasteiger charge is 2.30. The summed E-state index contributed by atoms with van der Waals surface area (Å²) < 4.78 is 38.6. The maximum atomic E-state index is 12.9. The number of ketones is 1. The minimum Gasteiger partial charge on any atom is -0.292 e. The van der Waals surface area contributed by atoms with Gasteiger partial charge in [-0.2, -0.15) is 18.3 Å². The van der Waals surface area contributed by atoms with Gasteiger partial charge in [0.05, 0.1) is 11.3 Å². The van der Waals surface area contributed by atoms with E-state index < -0.39 is 11.7 Å². The number of fused-ring (bicyclic) bond motifs is 1. The van der Waals surface area contributed by atoms with Gasteiger partial charge in [0, 0.05) is 12.6 Å². The fourth-order valence-corrected chi connectivity index (χ4v) is 3.13. The SMILES string of the molecule is O=C1CCCc2nn(-c3cc(Cc4cccc(C(F)(F)F)c4)ccn3)nc21. The molecule has 0 unspecified atom stereocenters. The number of aryl methyl sites for hydroxylation is 1. The Morgan fingerprint density at radius 2 is 1.85 bits per heavy atom. The zero-order chi connectivity index (χ0) is 19.0. The molecule has 3 aromatic rings. The molecule has 27 heavy (non-hydrogen) atoms. The van der Waals surface area contributed by atoms with Crippen molar-refractivity contribution < 1.29 is 18.0 Å². The van der Waals surface area contributed by atoms with Crippen molar-refractivity contribution in [1.29, 1.82) is 0 Å². The average molecular weight is 372 g/mol. The summed E-state index contributed by atoms with van der Waals surface area (Å²) in [6.45, 7) is 0. The summed E-state index contributed by atoms with van der Waals surface area (Å²) in [6, 6.07) is 8.70. The standard InChI is InChI=1S/C19H15F3N4O/c20-19(21,22)14-4-1-3-12(10-14)9-13-7-8-23-17(11-13)26-24-15-5-2-6-16(27)18(15)25-26/h1,3-4,7-8,10-11H,2,5-6,9H2. The van der Waals surface area contributed by atoms with Crippen LogP contribution in [0.1, 0.15) is 45.7 Å². The molecule has 0 amide bonds. The van der Waals surface area contributed by atoms with Crippen LogP contribution >= 0.6 is 0 Å². The van der Waals surface area contributed by atoms with Crippen molar-refractivity contribution >= 4 is 5.78 Å². The number of nitrogens with zero attached hydrogens (tertiary/aromatic N) is 4. The smallest absolute Gasteiger partial charge is 0.292 e. The molecule has 0 spiro atoms. The van der Waals surface area contributed by atoms with Crippen molar-refractivity contribution in [3.05, 3.63) is 70.7 Å². The molecule has 0 saturated heterocycles. The molecule has 0 atom stereocenters. The number of Topliss-reactive ketones (excluding diaryl/α,β-unsaturated/α-hetero) is 1. The van der Waals surface area contributed by atoms with Crippen molar-refractivity contribution in [3.8, 4) is 5.82 Å². The lowest BCUT2D eigenvalue weighted by Crippen LogP contribution is -2.10. The molecule has 1 aliphatic rings. The second kappa shape index (κ2) is 6.61. The number of carbonyl (C=O) groups excluding carboxylic acids is 1. The molecule has 1 aromatic carbocycles. The molecular weight excluding hydrogens is 357 g/mol. The molecule has 4 rings (SSSR count). The Labute approximate surface area is 152 Å². The van der Waals surface area contributed by atoms with Crippen molar-refractivity contribution in [2.24, 2.45) is 0 Å². The summed E-state index contributed by atoms with van der Waals surface area (Å²) in [5.74, 6) is 0.407. The number of carbonyl (C=O) groups is 1. The van der Waals surface area contributed by atoms with Crippen LogP contribution in [0.3, 0.4) is 0 Å². The van der Waals surface area contributed by atoms with Crippen molar-refractivity contribution in [1.82, 2.24) is 20.0 Å². The van der Waals surface area contributed by atoms with Gasteiger partial charge in [0.2, 0.25) is 0 Å². The Morgan fingerprint density at radius 3 is 2.63 bits per heavy atom. The monoisotopic (exact) mass is 372 g/mol. The lowest BCUT2D eigenvalue weighted by Gasteiger charge is -2.09. The highest BCUT2D eigenvalue weighted by atomic mass is 19.4. The zero-order valence-electron chi connectivity index (χ0n) is 14.2. The van der Waals surface area contributed by atoms with E-state index in [1.807, 2.05) is 0 Å². The van der Waals surface area contributed by atoms with Gasteiger partial charge >= 0.3 is 6.18 Å². The fraction of sp³-hybridized carbons (Fsp3) is 0.263. The van der Waals surface area contributed by atoms with E-state index in [1.165, 1.54) is 10.9 Å². The van der Waals surface area contributed by atoms with E-state index in [2.05, 4.69) is 15.2 Å².